The van der Waals surface area contributed by atoms with E-state index >= 15 is 0 Å². The number of fused-ring (bicyclic) bond motifs is 1. The van der Waals surface area contributed by atoms with Crippen molar-refractivity contribution >= 4 is 35.1 Å². The zero-order valence-electron chi connectivity index (χ0n) is 11.8. The lowest BCUT2D eigenvalue weighted by molar-refractivity contribution is 0.0912. The van der Waals surface area contributed by atoms with Gasteiger partial charge in [0, 0.05) is 52.1 Å². The highest BCUT2D eigenvalue weighted by atomic mass is 32.2. The number of rotatable bonds is 5. The second-order valence-electron chi connectivity index (χ2n) is 4.78. The summed E-state index contributed by atoms with van der Waals surface area (Å²) in [6, 6.07) is 7.45. The van der Waals surface area contributed by atoms with Crippen molar-refractivity contribution in [2.24, 2.45) is 0 Å². The minimum atomic E-state index is -0.197. The Morgan fingerprint density at radius 1 is 0.955 bits per heavy atom. The van der Waals surface area contributed by atoms with Gasteiger partial charge in [-0.05, 0) is 18.2 Å². The van der Waals surface area contributed by atoms with Gasteiger partial charge in [-0.3, -0.25) is 9.59 Å². The summed E-state index contributed by atoms with van der Waals surface area (Å²) in [6.45, 7) is 0. The van der Waals surface area contributed by atoms with E-state index in [1.807, 2.05) is 30.0 Å². The van der Waals surface area contributed by atoms with Crippen molar-refractivity contribution in [1.29, 1.82) is 0 Å². The van der Waals surface area contributed by atoms with Crippen LogP contribution in [0.5, 0.6) is 0 Å². The van der Waals surface area contributed by atoms with Crippen LogP contribution in [0, 0.1) is 0 Å². The van der Waals surface area contributed by atoms with E-state index in [0.717, 1.165) is 11.5 Å². The fraction of sp³-hybridized carbons (Fsp3) is 0.250. The first-order valence-corrected chi connectivity index (χ1v) is 8.94. The van der Waals surface area contributed by atoms with Gasteiger partial charge in [-0.1, -0.05) is 6.07 Å². The predicted octanol–water partition coefficient (Wildman–Crippen LogP) is 3.52. The molecule has 0 N–H and O–H groups in total. The topological polar surface area (TPSA) is 59.9 Å². The smallest absolute Gasteiger partial charge is 0.200 e. The lowest BCUT2D eigenvalue weighted by atomic mass is 10.0. The van der Waals surface area contributed by atoms with E-state index in [9.17, 15) is 9.59 Å². The Bertz CT molecular complexity index is 705. The zero-order chi connectivity index (χ0) is 15.4. The summed E-state index contributed by atoms with van der Waals surface area (Å²) in [4.78, 5) is 34.4. The van der Waals surface area contributed by atoms with Crippen molar-refractivity contribution in [2.75, 3.05) is 11.5 Å². The van der Waals surface area contributed by atoms with Crippen LogP contribution in [0.1, 0.15) is 33.8 Å². The number of carbonyl (C=O) groups is 2. The molecule has 0 radical (unpaired) electrons. The lowest BCUT2D eigenvalue weighted by Gasteiger charge is -2.15. The van der Waals surface area contributed by atoms with E-state index in [-0.39, 0.29) is 30.2 Å². The van der Waals surface area contributed by atoms with Gasteiger partial charge in [0.1, 0.15) is 0 Å². The molecule has 0 spiro atoms. The van der Waals surface area contributed by atoms with Gasteiger partial charge in [0.05, 0.1) is 0 Å². The second-order valence-corrected chi connectivity index (χ2v) is 7.05. The number of thioether (sulfide) groups is 2. The Morgan fingerprint density at radius 3 is 2.41 bits per heavy atom. The monoisotopic (exact) mass is 330 g/mol. The highest BCUT2D eigenvalue weighted by Crippen LogP contribution is 2.37. The molecule has 1 aromatic carbocycles. The molecule has 1 aromatic heterocycles. The molecule has 0 unspecified atom stereocenters. The Morgan fingerprint density at radius 2 is 1.64 bits per heavy atom. The van der Waals surface area contributed by atoms with Crippen LogP contribution in [-0.4, -0.2) is 33.0 Å². The maximum absolute atomic E-state index is 12.3. The summed E-state index contributed by atoms with van der Waals surface area (Å²) in [6.07, 6.45) is 3.39. The quantitative estimate of drug-likeness (QED) is 0.782. The van der Waals surface area contributed by atoms with Gasteiger partial charge in [0.25, 0.3) is 0 Å². The average Bonchev–Trinajstić information content (AvgIpc) is 2.59. The summed E-state index contributed by atoms with van der Waals surface area (Å²) in [5.74, 6) is 2.14. The van der Waals surface area contributed by atoms with Crippen molar-refractivity contribution in [3.8, 4) is 0 Å². The molecular weight excluding hydrogens is 316 g/mol. The van der Waals surface area contributed by atoms with Crippen molar-refractivity contribution in [3.63, 3.8) is 0 Å². The molecule has 0 fully saturated rings. The van der Waals surface area contributed by atoms with Crippen LogP contribution in [-0.2, 0) is 0 Å². The number of ketones is 2. The van der Waals surface area contributed by atoms with E-state index in [1.165, 1.54) is 22.2 Å². The van der Waals surface area contributed by atoms with Crippen LogP contribution >= 0.6 is 23.5 Å². The molecule has 22 heavy (non-hydrogen) atoms. The Balaban J connectivity index is 1.64. The number of aromatic nitrogens is 2. The van der Waals surface area contributed by atoms with Crippen molar-refractivity contribution < 1.29 is 9.59 Å². The number of nitrogens with zero attached hydrogens (tertiary/aromatic N) is 2. The normalized spacial score (nSPS) is 13.5. The minimum Gasteiger partial charge on any atom is -0.294 e. The lowest BCUT2D eigenvalue weighted by Crippen LogP contribution is -2.08. The van der Waals surface area contributed by atoms with Crippen LogP contribution in [0.25, 0.3) is 0 Å². The number of Topliss-reactive ketones (excluding diaryl/α,β-unsaturated/α-hetero) is 2. The first-order chi connectivity index (χ1) is 10.7. The summed E-state index contributed by atoms with van der Waals surface area (Å²) >= 11 is 3.60. The summed E-state index contributed by atoms with van der Waals surface area (Å²) in [5, 5.41) is 0. The van der Waals surface area contributed by atoms with E-state index in [0.29, 0.717) is 5.56 Å². The molecule has 4 nitrogen and oxygen atoms in total. The molecule has 0 saturated heterocycles. The minimum absolute atomic E-state index is 0.0109. The summed E-state index contributed by atoms with van der Waals surface area (Å²) in [5.41, 5.74) is 0.676. The molecule has 0 bridgehead atoms. The van der Waals surface area contributed by atoms with Gasteiger partial charge in [-0.15, -0.1) is 23.5 Å². The van der Waals surface area contributed by atoms with Crippen LogP contribution in [0.4, 0.5) is 0 Å². The van der Waals surface area contributed by atoms with Crippen LogP contribution in [0.2, 0.25) is 0 Å². The average molecular weight is 330 g/mol. The number of hydrogen-bond acceptors (Lipinski definition) is 6. The zero-order valence-corrected chi connectivity index (χ0v) is 13.5. The Labute approximate surface area is 137 Å². The second kappa shape index (κ2) is 7.07. The molecule has 0 saturated carbocycles. The van der Waals surface area contributed by atoms with E-state index in [2.05, 4.69) is 9.97 Å². The molecule has 112 valence electrons. The fourth-order valence-electron chi connectivity index (χ4n) is 2.14. The van der Waals surface area contributed by atoms with Crippen molar-refractivity contribution in [3.05, 3.63) is 48.0 Å². The number of benzene rings is 1. The summed E-state index contributed by atoms with van der Waals surface area (Å²) < 4.78 is 0. The van der Waals surface area contributed by atoms with Gasteiger partial charge in [0.15, 0.2) is 17.4 Å². The first-order valence-electron chi connectivity index (χ1n) is 6.97. The van der Waals surface area contributed by atoms with Gasteiger partial charge < -0.3 is 0 Å². The number of carbonyl (C=O) groups excluding carboxylic acids is 2. The molecule has 3 rings (SSSR count). The SMILES string of the molecule is O=C(CCC(=O)c1ncccn1)c1ccc2c(c1)SCCS2. The third-order valence-electron chi connectivity index (χ3n) is 3.26. The van der Waals surface area contributed by atoms with Crippen LogP contribution in [0.3, 0.4) is 0 Å². The largest absolute Gasteiger partial charge is 0.294 e. The maximum Gasteiger partial charge on any atom is 0.200 e. The standard InChI is InChI=1S/C16H14N2O2S2/c19-12(3-4-13(20)16-17-6-1-7-18-16)11-2-5-14-15(10-11)22-9-8-21-14/h1-2,5-7,10H,3-4,8-9H2. The summed E-state index contributed by atoms with van der Waals surface area (Å²) in [7, 11) is 0. The maximum atomic E-state index is 12.3. The number of hydrogen-bond donors (Lipinski definition) is 0. The first kappa shape index (κ1) is 15.2. The van der Waals surface area contributed by atoms with Gasteiger partial charge in [-0.2, -0.15) is 0 Å². The molecule has 6 heteroatoms. The Hall–Kier alpha value is -1.66. The van der Waals surface area contributed by atoms with Crippen LogP contribution in [0.15, 0.2) is 46.5 Å². The molecule has 2 aromatic rings. The molecule has 0 atom stereocenters. The van der Waals surface area contributed by atoms with E-state index in [1.54, 1.807) is 17.8 Å². The molecule has 1 aliphatic heterocycles. The van der Waals surface area contributed by atoms with Gasteiger partial charge in [0.2, 0.25) is 0 Å². The van der Waals surface area contributed by atoms with Gasteiger partial charge in [-0.25, -0.2) is 9.97 Å². The molecule has 1 aliphatic rings. The van der Waals surface area contributed by atoms with E-state index in [4.69, 9.17) is 0 Å². The van der Waals surface area contributed by atoms with E-state index < -0.39 is 0 Å². The van der Waals surface area contributed by atoms with Crippen molar-refractivity contribution in [2.45, 2.75) is 22.6 Å². The highest BCUT2D eigenvalue weighted by molar-refractivity contribution is 8.05. The molecule has 0 amide bonds. The molecule has 0 aliphatic carbocycles. The predicted molar refractivity (Wildman–Crippen MR) is 87.8 cm³/mol. The third kappa shape index (κ3) is 3.56. The molecular formula is C16H14N2O2S2. The fourth-order valence-corrected chi connectivity index (χ4v) is 4.39. The third-order valence-corrected chi connectivity index (χ3v) is 5.78. The van der Waals surface area contributed by atoms with Gasteiger partial charge >= 0.3 is 0 Å². The highest BCUT2D eigenvalue weighted by Gasteiger charge is 2.16. The van der Waals surface area contributed by atoms with Crippen LogP contribution < -0.4 is 0 Å². The Kier molecular flexibility index (Phi) is 4.90. The van der Waals surface area contributed by atoms with Crippen molar-refractivity contribution in [1.82, 2.24) is 9.97 Å². The molecule has 2 heterocycles.